The summed E-state index contributed by atoms with van der Waals surface area (Å²) < 4.78 is 7.05. The van der Waals surface area contributed by atoms with Crippen molar-refractivity contribution in [2.45, 2.75) is 39.3 Å². The number of amides is 1. The largest absolute Gasteiger partial charge is 0.444 e. The van der Waals surface area contributed by atoms with Gasteiger partial charge in [0.1, 0.15) is 5.60 Å². The molecule has 0 aromatic carbocycles. The molecule has 8 nitrogen and oxygen atoms in total. The van der Waals surface area contributed by atoms with Crippen molar-refractivity contribution in [1.29, 1.82) is 0 Å². The molecule has 0 saturated carbocycles. The summed E-state index contributed by atoms with van der Waals surface area (Å²) in [6.45, 7) is 8.18. The second-order valence-electron chi connectivity index (χ2n) is 5.98. The lowest BCUT2D eigenvalue weighted by Crippen LogP contribution is -2.42. The first-order chi connectivity index (χ1) is 10.9. The first-order valence-corrected chi connectivity index (χ1v) is 7.79. The maximum absolute atomic E-state index is 11.5. The van der Waals surface area contributed by atoms with E-state index in [0.29, 0.717) is 19.0 Å². The first kappa shape index (κ1) is 22.5. The van der Waals surface area contributed by atoms with Gasteiger partial charge in [0.15, 0.2) is 5.96 Å². The van der Waals surface area contributed by atoms with E-state index in [1.807, 2.05) is 37.7 Å². The Morgan fingerprint density at radius 3 is 2.46 bits per heavy atom. The second-order valence-corrected chi connectivity index (χ2v) is 5.98. The van der Waals surface area contributed by atoms with Gasteiger partial charge in [-0.25, -0.2) is 4.79 Å². The standard InChI is InChI=1S/C15H28N6O2.HI/c1-15(2,3)23-14(22)19-10-9-18-13(16-4)17-7-5-11-21-12-6-8-20-21;/h6,8,12H,5,7,9-11H2,1-4H3,(H,19,22)(H2,16,17,18);1H. The third-order valence-corrected chi connectivity index (χ3v) is 2.72. The molecule has 0 spiro atoms. The number of rotatable bonds is 7. The molecule has 0 aliphatic carbocycles. The highest BCUT2D eigenvalue weighted by Gasteiger charge is 2.15. The molecule has 138 valence electrons. The number of carbonyl (C=O) groups is 1. The highest BCUT2D eigenvalue weighted by molar-refractivity contribution is 14.0. The van der Waals surface area contributed by atoms with Crippen LogP contribution in [0.15, 0.2) is 23.5 Å². The zero-order valence-corrected chi connectivity index (χ0v) is 17.2. The lowest BCUT2D eigenvalue weighted by atomic mass is 10.2. The average molecular weight is 452 g/mol. The molecule has 1 rings (SSSR count). The van der Waals surface area contributed by atoms with Crippen LogP contribution < -0.4 is 16.0 Å². The summed E-state index contributed by atoms with van der Waals surface area (Å²) in [5.41, 5.74) is -0.482. The Labute approximate surface area is 160 Å². The van der Waals surface area contributed by atoms with E-state index in [9.17, 15) is 4.79 Å². The summed E-state index contributed by atoms with van der Waals surface area (Å²) in [6, 6.07) is 1.91. The molecule has 1 amide bonds. The number of aromatic nitrogens is 2. The summed E-state index contributed by atoms with van der Waals surface area (Å²) in [7, 11) is 1.71. The molecule has 0 unspecified atom stereocenters. The molecular weight excluding hydrogens is 423 g/mol. The Morgan fingerprint density at radius 2 is 1.88 bits per heavy atom. The van der Waals surface area contributed by atoms with Gasteiger partial charge in [0.25, 0.3) is 0 Å². The van der Waals surface area contributed by atoms with E-state index >= 15 is 0 Å². The fraction of sp³-hybridized carbons (Fsp3) is 0.667. The van der Waals surface area contributed by atoms with Gasteiger partial charge >= 0.3 is 6.09 Å². The highest BCUT2D eigenvalue weighted by atomic mass is 127. The molecule has 1 heterocycles. The summed E-state index contributed by atoms with van der Waals surface area (Å²) in [5.74, 6) is 0.705. The summed E-state index contributed by atoms with van der Waals surface area (Å²) in [5, 5.41) is 13.2. The zero-order chi connectivity index (χ0) is 17.1. The maximum Gasteiger partial charge on any atom is 0.407 e. The Balaban J connectivity index is 0.00000529. The second kappa shape index (κ2) is 11.9. The minimum absolute atomic E-state index is 0. The van der Waals surface area contributed by atoms with Crippen LogP contribution >= 0.6 is 24.0 Å². The highest BCUT2D eigenvalue weighted by Crippen LogP contribution is 2.05. The number of nitrogens with one attached hydrogen (secondary N) is 3. The van der Waals surface area contributed by atoms with Gasteiger partial charge in [-0.2, -0.15) is 5.10 Å². The number of hydrogen-bond donors (Lipinski definition) is 3. The van der Waals surface area contributed by atoms with E-state index in [1.54, 1.807) is 13.2 Å². The van der Waals surface area contributed by atoms with E-state index in [-0.39, 0.29) is 24.0 Å². The minimum atomic E-state index is -0.482. The normalized spacial score (nSPS) is 11.4. The molecule has 0 atom stereocenters. The number of guanidine groups is 1. The van der Waals surface area contributed by atoms with Crippen molar-refractivity contribution >= 4 is 36.0 Å². The molecule has 0 saturated heterocycles. The average Bonchev–Trinajstić information content (AvgIpc) is 2.97. The van der Waals surface area contributed by atoms with Gasteiger partial charge in [-0.3, -0.25) is 9.67 Å². The molecule has 24 heavy (non-hydrogen) atoms. The molecule has 1 aromatic rings. The lowest BCUT2D eigenvalue weighted by molar-refractivity contribution is 0.0529. The van der Waals surface area contributed by atoms with Crippen molar-refractivity contribution in [3.63, 3.8) is 0 Å². The maximum atomic E-state index is 11.5. The molecular formula is C15H29IN6O2. The predicted molar refractivity (Wildman–Crippen MR) is 106 cm³/mol. The SMILES string of the molecule is CN=C(NCCCn1cccn1)NCCNC(=O)OC(C)(C)C.I. The number of carbonyl (C=O) groups excluding carboxylic acids is 1. The van der Waals surface area contributed by atoms with Crippen LogP contribution in [0.5, 0.6) is 0 Å². The van der Waals surface area contributed by atoms with Crippen LogP contribution in [-0.4, -0.2) is 54.1 Å². The van der Waals surface area contributed by atoms with Gasteiger partial charge in [0.05, 0.1) is 0 Å². The molecule has 0 aliphatic heterocycles. The van der Waals surface area contributed by atoms with Gasteiger partial charge in [-0.1, -0.05) is 0 Å². The Bertz CT molecular complexity index is 485. The molecule has 3 N–H and O–H groups in total. The van der Waals surface area contributed by atoms with Gasteiger partial charge in [0, 0.05) is 45.6 Å². The fourth-order valence-corrected chi connectivity index (χ4v) is 1.76. The van der Waals surface area contributed by atoms with Crippen molar-refractivity contribution in [3.8, 4) is 0 Å². The molecule has 0 bridgehead atoms. The summed E-state index contributed by atoms with van der Waals surface area (Å²) >= 11 is 0. The molecule has 9 heteroatoms. The van der Waals surface area contributed by atoms with E-state index in [0.717, 1.165) is 19.5 Å². The van der Waals surface area contributed by atoms with Gasteiger partial charge in [0.2, 0.25) is 0 Å². The van der Waals surface area contributed by atoms with Crippen molar-refractivity contribution in [2.75, 3.05) is 26.7 Å². The quantitative estimate of drug-likeness (QED) is 0.253. The van der Waals surface area contributed by atoms with Crippen LogP contribution in [-0.2, 0) is 11.3 Å². The Hall–Kier alpha value is -1.52. The van der Waals surface area contributed by atoms with E-state index in [4.69, 9.17) is 4.74 Å². The van der Waals surface area contributed by atoms with Gasteiger partial charge < -0.3 is 20.7 Å². The molecule has 0 aliphatic rings. The van der Waals surface area contributed by atoms with Gasteiger partial charge in [-0.05, 0) is 33.3 Å². The Morgan fingerprint density at radius 1 is 1.21 bits per heavy atom. The van der Waals surface area contributed by atoms with Crippen LogP contribution in [0.25, 0.3) is 0 Å². The minimum Gasteiger partial charge on any atom is -0.444 e. The fourth-order valence-electron chi connectivity index (χ4n) is 1.76. The van der Waals surface area contributed by atoms with Crippen LogP contribution in [0.4, 0.5) is 4.79 Å². The third-order valence-electron chi connectivity index (χ3n) is 2.72. The summed E-state index contributed by atoms with van der Waals surface area (Å²) in [4.78, 5) is 15.6. The number of halogens is 1. The molecule has 0 radical (unpaired) electrons. The van der Waals surface area contributed by atoms with Crippen LogP contribution in [0, 0.1) is 0 Å². The number of alkyl carbamates (subject to hydrolysis) is 1. The predicted octanol–water partition coefficient (Wildman–Crippen LogP) is 1.58. The number of aryl methyl sites for hydroxylation is 1. The van der Waals surface area contributed by atoms with Crippen molar-refractivity contribution < 1.29 is 9.53 Å². The smallest absolute Gasteiger partial charge is 0.407 e. The molecule has 0 fully saturated rings. The van der Waals surface area contributed by atoms with Crippen molar-refractivity contribution in [1.82, 2.24) is 25.7 Å². The topological polar surface area (TPSA) is 92.6 Å². The third kappa shape index (κ3) is 11.1. The van der Waals surface area contributed by atoms with Crippen LogP contribution in [0.3, 0.4) is 0 Å². The van der Waals surface area contributed by atoms with Crippen LogP contribution in [0.1, 0.15) is 27.2 Å². The lowest BCUT2D eigenvalue weighted by Gasteiger charge is -2.19. The first-order valence-electron chi connectivity index (χ1n) is 7.79. The van der Waals surface area contributed by atoms with Gasteiger partial charge in [-0.15, -0.1) is 24.0 Å². The number of hydrogen-bond acceptors (Lipinski definition) is 4. The van der Waals surface area contributed by atoms with Crippen molar-refractivity contribution in [2.24, 2.45) is 4.99 Å². The van der Waals surface area contributed by atoms with E-state index in [2.05, 4.69) is 26.0 Å². The Kier molecular flexibility index (Phi) is 11.2. The molecule has 1 aromatic heterocycles. The monoisotopic (exact) mass is 452 g/mol. The summed E-state index contributed by atoms with van der Waals surface area (Å²) in [6.07, 6.45) is 4.24. The zero-order valence-electron chi connectivity index (χ0n) is 14.8. The number of aliphatic imine (C=N–C) groups is 1. The van der Waals surface area contributed by atoms with E-state index < -0.39 is 11.7 Å². The van der Waals surface area contributed by atoms with Crippen molar-refractivity contribution in [3.05, 3.63) is 18.5 Å². The number of nitrogens with zero attached hydrogens (tertiary/aromatic N) is 3. The van der Waals surface area contributed by atoms with E-state index in [1.165, 1.54) is 0 Å². The number of ether oxygens (including phenoxy) is 1. The van der Waals surface area contributed by atoms with Crippen LogP contribution in [0.2, 0.25) is 0 Å².